The minimum absolute atomic E-state index is 0.0537. The van der Waals surface area contributed by atoms with Crippen molar-refractivity contribution in [2.24, 2.45) is 0 Å². The lowest BCUT2D eigenvalue weighted by atomic mass is 10.0. The van der Waals surface area contributed by atoms with E-state index >= 15 is 0 Å². The molecule has 37 heavy (non-hydrogen) atoms. The molecule has 2 heterocycles. The molecule has 1 aliphatic heterocycles. The summed E-state index contributed by atoms with van der Waals surface area (Å²) in [6.07, 6.45) is 0.0575. The summed E-state index contributed by atoms with van der Waals surface area (Å²) in [5, 5.41) is -0.626. The summed E-state index contributed by atoms with van der Waals surface area (Å²) in [5.74, 6) is -0.141. The third-order valence-corrected chi connectivity index (χ3v) is 9.94. The van der Waals surface area contributed by atoms with Crippen molar-refractivity contribution in [3.63, 3.8) is 0 Å². The normalized spacial score (nSPS) is 18.1. The Morgan fingerprint density at radius 1 is 1.03 bits per heavy atom. The van der Waals surface area contributed by atoms with E-state index in [4.69, 9.17) is 23.2 Å². The fourth-order valence-corrected chi connectivity index (χ4v) is 7.20. The van der Waals surface area contributed by atoms with Crippen LogP contribution in [0, 0.1) is 0 Å². The van der Waals surface area contributed by atoms with Gasteiger partial charge in [0.15, 0.2) is 0 Å². The third kappa shape index (κ3) is 5.36. The second-order valence-corrected chi connectivity index (χ2v) is 13.0. The summed E-state index contributed by atoms with van der Waals surface area (Å²) in [6.45, 7) is 0. The number of para-hydroxylation sites is 2. The lowest BCUT2D eigenvalue weighted by Crippen LogP contribution is -2.31. The van der Waals surface area contributed by atoms with Gasteiger partial charge in [-0.2, -0.15) is 0 Å². The van der Waals surface area contributed by atoms with Gasteiger partial charge in [0.25, 0.3) is 0 Å². The van der Waals surface area contributed by atoms with E-state index in [1.54, 1.807) is 24.3 Å². The van der Waals surface area contributed by atoms with Gasteiger partial charge in [0.2, 0.25) is 26.0 Å². The average Bonchev–Trinajstić information content (AvgIpc) is 3.40. The Hall–Kier alpha value is -2.96. The van der Waals surface area contributed by atoms with Crippen LogP contribution in [0.4, 0.5) is 0 Å². The lowest BCUT2D eigenvalue weighted by molar-refractivity contribution is -0.118. The summed E-state index contributed by atoms with van der Waals surface area (Å²) in [4.78, 5) is 19.3. The SMILES string of the molecule is O=C1CC(c2ccc(C[C@H](NS(=O)(=O)c3ccc(Cl)c(Cl)c3)c3nc4ccccc4[nH]3)cc2)S(=O)(=O)N1. The molecular formula is C24H20Cl2N4O5S2. The van der Waals surface area contributed by atoms with E-state index < -0.39 is 37.2 Å². The summed E-state index contributed by atoms with van der Waals surface area (Å²) in [7, 11) is -7.80. The molecule has 0 radical (unpaired) electrons. The minimum Gasteiger partial charge on any atom is -0.341 e. The number of aromatic amines is 1. The van der Waals surface area contributed by atoms with Gasteiger partial charge in [-0.3, -0.25) is 9.52 Å². The molecule has 3 aromatic carbocycles. The van der Waals surface area contributed by atoms with Crippen LogP contribution in [-0.4, -0.2) is 32.7 Å². The Kier molecular flexibility index (Phi) is 6.75. The van der Waals surface area contributed by atoms with Crippen molar-refractivity contribution >= 4 is 60.2 Å². The third-order valence-electron chi connectivity index (χ3n) is 6.03. The van der Waals surface area contributed by atoms with Gasteiger partial charge < -0.3 is 4.98 Å². The average molecular weight is 579 g/mol. The first-order valence-electron chi connectivity index (χ1n) is 11.1. The van der Waals surface area contributed by atoms with Crippen molar-refractivity contribution in [3.8, 4) is 0 Å². The Labute approximate surface area is 223 Å². The maximum absolute atomic E-state index is 13.3. The van der Waals surface area contributed by atoms with Crippen LogP contribution in [0.3, 0.4) is 0 Å². The van der Waals surface area contributed by atoms with Crippen LogP contribution in [0.2, 0.25) is 10.0 Å². The second kappa shape index (κ2) is 9.73. The van der Waals surface area contributed by atoms with Crippen LogP contribution >= 0.6 is 23.2 Å². The molecular weight excluding hydrogens is 559 g/mol. The largest absolute Gasteiger partial charge is 0.341 e. The molecule has 1 aliphatic rings. The molecule has 1 amide bonds. The van der Waals surface area contributed by atoms with Crippen molar-refractivity contribution in [1.82, 2.24) is 19.4 Å². The molecule has 0 saturated carbocycles. The number of carbonyl (C=O) groups excluding carboxylic acids is 1. The monoisotopic (exact) mass is 578 g/mol. The van der Waals surface area contributed by atoms with Gasteiger partial charge in [-0.05, 0) is 47.9 Å². The van der Waals surface area contributed by atoms with Crippen LogP contribution in [0.25, 0.3) is 11.0 Å². The van der Waals surface area contributed by atoms with Gasteiger partial charge in [-0.25, -0.2) is 26.5 Å². The fourth-order valence-electron chi connectivity index (χ4n) is 4.18. The molecule has 1 fully saturated rings. The van der Waals surface area contributed by atoms with Crippen molar-refractivity contribution in [2.75, 3.05) is 0 Å². The topological polar surface area (TPSA) is 138 Å². The Bertz CT molecular complexity index is 1690. The molecule has 0 aliphatic carbocycles. The van der Waals surface area contributed by atoms with E-state index in [9.17, 15) is 21.6 Å². The van der Waals surface area contributed by atoms with Gasteiger partial charge in [-0.1, -0.05) is 59.6 Å². The number of rotatable bonds is 7. The number of hydrogen-bond acceptors (Lipinski definition) is 6. The van der Waals surface area contributed by atoms with Crippen LogP contribution in [0.5, 0.6) is 0 Å². The number of carbonyl (C=O) groups is 1. The quantitative estimate of drug-likeness (QED) is 0.302. The number of amides is 1. The Morgan fingerprint density at radius 3 is 2.41 bits per heavy atom. The second-order valence-electron chi connectivity index (χ2n) is 8.60. The lowest BCUT2D eigenvalue weighted by Gasteiger charge is -2.18. The highest BCUT2D eigenvalue weighted by molar-refractivity contribution is 7.90. The maximum Gasteiger partial charge on any atom is 0.242 e. The van der Waals surface area contributed by atoms with E-state index in [0.717, 1.165) is 11.1 Å². The Balaban J connectivity index is 1.47. The highest BCUT2D eigenvalue weighted by Crippen LogP contribution is 2.31. The first-order valence-corrected chi connectivity index (χ1v) is 14.9. The van der Waals surface area contributed by atoms with E-state index in [1.807, 2.05) is 29.0 Å². The first kappa shape index (κ1) is 25.7. The summed E-state index contributed by atoms with van der Waals surface area (Å²) >= 11 is 12.0. The number of H-pyrrole nitrogens is 1. The zero-order valence-corrected chi connectivity index (χ0v) is 22.1. The van der Waals surface area contributed by atoms with Crippen LogP contribution in [0.1, 0.15) is 34.7 Å². The molecule has 192 valence electrons. The maximum atomic E-state index is 13.3. The van der Waals surface area contributed by atoms with Crippen LogP contribution in [0.15, 0.2) is 71.6 Å². The molecule has 1 aromatic heterocycles. The number of nitrogens with one attached hydrogen (secondary N) is 3. The molecule has 3 N–H and O–H groups in total. The predicted molar refractivity (Wildman–Crippen MR) is 140 cm³/mol. The highest BCUT2D eigenvalue weighted by atomic mass is 35.5. The number of aromatic nitrogens is 2. The number of sulfonamides is 2. The van der Waals surface area contributed by atoms with Gasteiger partial charge in [0, 0.05) is 0 Å². The molecule has 0 bridgehead atoms. The number of nitrogens with zero attached hydrogens (tertiary/aromatic N) is 1. The molecule has 2 atom stereocenters. The minimum atomic E-state index is -4.03. The number of imidazole rings is 1. The zero-order valence-electron chi connectivity index (χ0n) is 19.0. The number of hydrogen-bond donors (Lipinski definition) is 3. The number of halogens is 2. The van der Waals surface area contributed by atoms with E-state index in [1.165, 1.54) is 18.2 Å². The highest BCUT2D eigenvalue weighted by Gasteiger charge is 2.37. The van der Waals surface area contributed by atoms with E-state index in [-0.39, 0.29) is 27.8 Å². The van der Waals surface area contributed by atoms with Gasteiger partial charge >= 0.3 is 0 Å². The van der Waals surface area contributed by atoms with Gasteiger partial charge in [0.1, 0.15) is 11.1 Å². The standard InChI is InChI=1S/C24H20Cl2N4O5S2/c25-17-10-9-16(12-18(17)26)36(32,33)29-21(24-27-19-3-1-2-4-20(19)28-24)11-14-5-7-15(8-6-14)22-13-23(31)30-37(22,34)35/h1-10,12,21-22,29H,11,13H2,(H,27,28)(H,30,31)/t21-,22?/m0/s1. The molecule has 13 heteroatoms. The number of fused-ring (bicyclic) bond motifs is 1. The Morgan fingerprint density at radius 2 is 1.76 bits per heavy atom. The fraction of sp³-hybridized carbons (Fsp3) is 0.167. The summed E-state index contributed by atoms with van der Waals surface area (Å²) < 4.78 is 55.6. The van der Waals surface area contributed by atoms with Crippen molar-refractivity contribution in [1.29, 1.82) is 0 Å². The van der Waals surface area contributed by atoms with Crippen molar-refractivity contribution in [2.45, 2.75) is 29.0 Å². The smallest absolute Gasteiger partial charge is 0.242 e. The molecule has 1 saturated heterocycles. The molecule has 1 unspecified atom stereocenters. The molecule has 9 nitrogen and oxygen atoms in total. The van der Waals surface area contributed by atoms with Crippen molar-refractivity contribution in [3.05, 3.63) is 93.7 Å². The molecule has 0 spiro atoms. The first-order chi connectivity index (χ1) is 17.5. The van der Waals surface area contributed by atoms with Gasteiger partial charge in [0.05, 0.1) is 38.4 Å². The van der Waals surface area contributed by atoms with Crippen molar-refractivity contribution < 1.29 is 21.6 Å². The zero-order chi connectivity index (χ0) is 26.4. The van der Waals surface area contributed by atoms with Crippen LogP contribution < -0.4 is 9.44 Å². The van der Waals surface area contributed by atoms with Gasteiger partial charge in [-0.15, -0.1) is 0 Å². The predicted octanol–water partition coefficient (Wildman–Crippen LogP) is 4.02. The summed E-state index contributed by atoms with van der Waals surface area (Å²) in [5.41, 5.74) is 2.62. The van der Waals surface area contributed by atoms with E-state index in [0.29, 0.717) is 16.9 Å². The van der Waals surface area contributed by atoms with E-state index in [2.05, 4.69) is 14.7 Å². The summed E-state index contributed by atoms with van der Waals surface area (Å²) in [6, 6.07) is 17.2. The number of benzene rings is 3. The molecule has 5 rings (SSSR count). The van der Waals surface area contributed by atoms with Crippen LogP contribution in [-0.2, 0) is 31.3 Å². The molecule has 4 aromatic rings.